The summed E-state index contributed by atoms with van der Waals surface area (Å²) in [5, 5.41) is 9.42. The van der Waals surface area contributed by atoms with Crippen LogP contribution in [-0.4, -0.2) is 83.3 Å². The first-order valence-corrected chi connectivity index (χ1v) is 13.4. The minimum absolute atomic E-state index is 0.0783. The third kappa shape index (κ3) is 5.27. The first-order valence-electron chi connectivity index (χ1n) is 12.0. The van der Waals surface area contributed by atoms with E-state index in [0.717, 1.165) is 11.3 Å². The number of rotatable bonds is 9. The fourth-order valence-electron chi connectivity index (χ4n) is 4.60. The van der Waals surface area contributed by atoms with Gasteiger partial charge in [0.25, 0.3) is 0 Å². The molecule has 2 heterocycles. The molecule has 186 valence electrons. The zero-order valence-electron chi connectivity index (χ0n) is 20.9. The number of fused-ring (bicyclic) bond motifs is 1. The molecule has 2 aromatic rings. The van der Waals surface area contributed by atoms with Gasteiger partial charge in [0, 0.05) is 59.2 Å². The fourth-order valence-corrected chi connectivity index (χ4v) is 6.08. The van der Waals surface area contributed by atoms with E-state index in [9.17, 15) is 18.5 Å². The van der Waals surface area contributed by atoms with Crippen molar-refractivity contribution in [3.8, 4) is 6.07 Å². The maximum Gasteiger partial charge on any atom is 0.243 e. The molecule has 1 aliphatic rings. The summed E-state index contributed by atoms with van der Waals surface area (Å²) in [5.41, 5.74) is 1.45. The van der Waals surface area contributed by atoms with Gasteiger partial charge < -0.3 is 9.47 Å². The third-order valence-electron chi connectivity index (χ3n) is 6.67. The Bertz CT molecular complexity index is 1160. The molecular formula is C24H36N6O3S. The van der Waals surface area contributed by atoms with Crippen LogP contribution in [-0.2, 0) is 28.3 Å². The van der Waals surface area contributed by atoms with Crippen LogP contribution < -0.4 is 0 Å². The van der Waals surface area contributed by atoms with Crippen molar-refractivity contribution in [1.82, 2.24) is 23.7 Å². The zero-order valence-corrected chi connectivity index (χ0v) is 21.7. The van der Waals surface area contributed by atoms with Crippen LogP contribution in [0.4, 0.5) is 0 Å². The Morgan fingerprint density at radius 1 is 1.18 bits per heavy atom. The van der Waals surface area contributed by atoms with Crippen molar-refractivity contribution < 1.29 is 13.2 Å². The Balaban J connectivity index is 1.66. The molecule has 1 saturated heterocycles. The molecule has 9 nitrogen and oxygen atoms in total. The number of aromatic nitrogens is 2. The number of sulfonamides is 1. The number of carbonyl (C=O) groups is 1. The number of piperazine rings is 1. The van der Waals surface area contributed by atoms with Gasteiger partial charge in [0.2, 0.25) is 15.9 Å². The smallest absolute Gasteiger partial charge is 0.243 e. The van der Waals surface area contributed by atoms with Crippen LogP contribution in [0.5, 0.6) is 0 Å². The summed E-state index contributed by atoms with van der Waals surface area (Å²) < 4.78 is 29.1. The molecule has 0 aliphatic carbocycles. The van der Waals surface area contributed by atoms with Crippen molar-refractivity contribution in [2.75, 3.05) is 39.3 Å². The third-order valence-corrected chi connectivity index (χ3v) is 8.72. The van der Waals surface area contributed by atoms with Gasteiger partial charge in [0.1, 0.15) is 11.9 Å². The Kier molecular flexibility index (Phi) is 8.34. The van der Waals surface area contributed by atoms with Gasteiger partial charge in [-0.1, -0.05) is 27.7 Å². The molecule has 1 aromatic carbocycles. The van der Waals surface area contributed by atoms with Gasteiger partial charge in [-0.25, -0.2) is 13.4 Å². The molecule has 1 aliphatic heterocycles. The van der Waals surface area contributed by atoms with E-state index in [1.165, 1.54) is 4.31 Å². The van der Waals surface area contributed by atoms with Crippen LogP contribution in [0.25, 0.3) is 11.0 Å². The minimum Gasteiger partial charge on any atom is -0.340 e. The number of hydrogen-bond donors (Lipinski definition) is 0. The highest BCUT2D eigenvalue weighted by Gasteiger charge is 2.28. The van der Waals surface area contributed by atoms with Gasteiger partial charge in [0.15, 0.2) is 0 Å². The standard InChI is InChI=1S/C24H36N6O3S/c1-6-30(7-2)34(32,33)19-8-9-21-20(16-19)26-23(27(21)5)10-11-24(31)29-14-12-28(13-15-29)22(17-25)18(3)4/h8-9,16,18,22H,6-7,10-15H2,1-5H3. The number of benzene rings is 1. The van der Waals surface area contributed by atoms with Crippen molar-refractivity contribution in [2.24, 2.45) is 13.0 Å². The highest BCUT2D eigenvalue weighted by atomic mass is 32.2. The summed E-state index contributed by atoms with van der Waals surface area (Å²) in [6.45, 7) is 11.2. The second-order valence-electron chi connectivity index (χ2n) is 9.06. The largest absolute Gasteiger partial charge is 0.340 e. The summed E-state index contributed by atoms with van der Waals surface area (Å²) in [7, 11) is -1.67. The molecule has 0 saturated carbocycles. The number of amides is 1. The lowest BCUT2D eigenvalue weighted by atomic mass is 10.0. The Morgan fingerprint density at radius 2 is 1.82 bits per heavy atom. The first-order chi connectivity index (χ1) is 16.1. The number of carbonyl (C=O) groups excluding carboxylic acids is 1. The van der Waals surface area contributed by atoms with Gasteiger partial charge in [-0.3, -0.25) is 9.69 Å². The number of hydrogen-bond acceptors (Lipinski definition) is 6. The van der Waals surface area contributed by atoms with E-state index in [2.05, 4.69) is 16.0 Å². The van der Waals surface area contributed by atoms with Crippen LogP contribution in [0.15, 0.2) is 23.1 Å². The molecule has 1 amide bonds. The molecule has 3 rings (SSSR count). The first kappa shape index (κ1) is 26.1. The lowest BCUT2D eigenvalue weighted by Crippen LogP contribution is -2.52. The summed E-state index contributed by atoms with van der Waals surface area (Å²) in [5.74, 6) is 1.09. The lowest BCUT2D eigenvalue weighted by Gasteiger charge is -2.38. The summed E-state index contributed by atoms with van der Waals surface area (Å²) in [4.78, 5) is 21.7. The molecule has 0 N–H and O–H groups in total. The normalized spacial score (nSPS) is 16.4. The van der Waals surface area contributed by atoms with E-state index < -0.39 is 10.0 Å². The van der Waals surface area contributed by atoms with Crippen LogP contribution in [0.2, 0.25) is 0 Å². The van der Waals surface area contributed by atoms with Crippen molar-refractivity contribution in [1.29, 1.82) is 5.26 Å². The Morgan fingerprint density at radius 3 is 2.38 bits per heavy atom. The summed E-state index contributed by atoms with van der Waals surface area (Å²) >= 11 is 0. The molecule has 0 spiro atoms. The Hall–Kier alpha value is -2.48. The van der Waals surface area contributed by atoms with Crippen LogP contribution in [0.3, 0.4) is 0 Å². The average molecular weight is 489 g/mol. The van der Waals surface area contributed by atoms with E-state index in [4.69, 9.17) is 0 Å². The van der Waals surface area contributed by atoms with Crippen molar-refractivity contribution >= 4 is 27.0 Å². The number of aryl methyl sites for hydroxylation is 2. The molecule has 1 atom stereocenters. The molecule has 34 heavy (non-hydrogen) atoms. The van der Waals surface area contributed by atoms with E-state index in [1.807, 2.05) is 44.2 Å². The van der Waals surface area contributed by atoms with Crippen LogP contribution in [0.1, 0.15) is 39.9 Å². The molecule has 1 fully saturated rings. The Labute approximate surface area is 203 Å². The van der Waals surface area contributed by atoms with Crippen LogP contribution in [0, 0.1) is 17.2 Å². The van der Waals surface area contributed by atoms with E-state index >= 15 is 0 Å². The molecule has 1 unspecified atom stereocenters. The minimum atomic E-state index is -3.56. The number of nitriles is 1. The van der Waals surface area contributed by atoms with E-state index in [0.29, 0.717) is 57.6 Å². The summed E-state index contributed by atoms with van der Waals surface area (Å²) in [6.07, 6.45) is 0.822. The van der Waals surface area contributed by atoms with Gasteiger partial charge in [0.05, 0.1) is 22.0 Å². The number of nitrogens with zero attached hydrogens (tertiary/aromatic N) is 6. The molecule has 0 bridgehead atoms. The van der Waals surface area contributed by atoms with Crippen molar-refractivity contribution in [3.63, 3.8) is 0 Å². The maximum absolute atomic E-state index is 12.9. The SMILES string of the molecule is CCN(CC)S(=O)(=O)c1ccc2c(c1)nc(CCC(=O)N1CCN(C(C#N)C(C)C)CC1)n2C. The average Bonchev–Trinajstić information content (AvgIpc) is 3.13. The summed E-state index contributed by atoms with van der Waals surface area (Å²) in [6, 6.07) is 7.28. The second-order valence-corrected chi connectivity index (χ2v) is 11.0. The molecular weight excluding hydrogens is 452 g/mol. The van der Waals surface area contributed by atoms with Gasteiger partial charge in [-0.05, 0) is 24.1 Å². The second kappa shape index (κ2) is 10.8. The zero-order chi connectivity index (χ0) is 25.0. The fraction of sp³-hybridized carbons (Fsp3) is 0.625. The maximum atomic E-state index is 12.9. The quantitative estimate of drug-likeness (QED) is 0.536. The van der Waals surface area contributed by atoms with Gasteiger partial charge in [-0.15, -0.1) is 0 Å². The molecule has 0 radical (unpaired) electrons. The lowest BCUT2D eigenvalue weighted by molar-refractivity contribution is -0.133. The van der Waals surface area contributed by atoms with Crippen molar-refractivity contribution in [2.45, 2.75) is 51.5 Å². The topological polar surface area (TPSA) is 103 Å². The highest BCUT2D eigenvalue weighted by molar-refractivity contribution is 7.89. The van der Waals surface area contributed by atoms with Crippen LogP contribution >= 0.6 is 0 Å². The molecule has 10 heteroatoms. The number of imidazole rings is 1. The van der Waals surface area contributed by atoms with Crippen molar-refractivity contribution in [3.05, 3.63) is 24.0 Å². The monoisotopic (exact) mass is 488 g/mol. The molecule has 1 aromatic heterocycles. The van der Waals surface area contributed by atoms with E-state index in [1.54, 1.807) is 18.2 Å². The van der Waals surface area contributed by atoms with Gasteiger partial charge >= 0.3 is 0 Å². The van der Waals surface area contributed by atoms with Gasteiger partial charge in [-0.2, -0.15) is 9.57 Å². The predicted octanol–water partition coefficient (Wildman–Crippen LogP) is 2.23. The predicted molar refractivity (Wildman–Crippen MR) is 132 cm³/mol. The van der Waals surface area contributed by atoms with E-state index in [-0.39, 0.29) is 22.8 Å². The highest BCUT2D eigenvalue weighted by Crippen LogP contribution is 2.23.